The number of ether oxygens (including phenoxy) is 1. The van der Waals surface area contributed by atoms with Gasteiger partial charge in [-0.25, -0.2) is 0 Å². The first kappa shape index (κ1) is 20.4. The van der Waals surface area contributed by atoms with Crippen LogP contribution in [0.3, 0.4) is 0 Å². The Kier molecular flexibility index (Phi) is 6.74. The van der Waals surface area contributed by atoms with Crippen molar-refractivity contribution in [3.63, 3.8) is 0 Å². The number of nitrogens with zero attached hydrogens (tertiary/aromatic N) is 2. The van der Waals surface area contributed by atoms with Gasteiger partial charge in [0.25, 0.3) is 0 Å². The maximum Gasteiger partial charge on any atom is 0.166 e. The second-order valence-corrected chi connectivity index (χ2v) is 7.78. The van der Waals surface area contributed by atoms with Gasteiger partial charge < -0.3 is 14.5 Å². The van der Waals surface area contributed by atoms with Crippen molar-refractivity contribution in [3.05, 3.63) is 59.2 Å². The minimum atomic E-state index is 0.00495. The van der Waals surface area contributed by atoms with E-state index in [9.17, 15) is 4.79 Å². The third-order valence-electron chi connectivity index (χ3n) is 5.76. The molecule has 4 heteroatoms. The summed E-state index contributed by atoms with van der Waals surface area (Å²) in [7, 11) is 4.12. The molecular formula is C24H32N2O2. The minimum Gasteiger partial charge on any atom is -0.378 e. The summed E-state index contributed by atoms with van der Waals surface area (Å²) in [6.45, 7) is 7.61. The number of Topliss-reactive ketones (excluding diaryl/α,β-unsaturated/α-hetero) is 1. The number of anilines is 2. The van der Waals surface area contributed by atoms with Gasteiger partial charge in [0.1, 0.15) is 0 Å². The summed E-state index contributed by atoms with van der Waals surface area (Å²) in [6, 6.07) is 14.5. The molecule has 0 N–H and O–H groups in total. The zero-order valence-electron chi connectivity index (χ0n) is 17.6. The summed E-state index contributed by atoms with van der Waals surface area (Å²) in [5.41, 5.74) is 5.72. The fraction of sp³-hybridized carbons (Fsp3) is 0.458. The van der Waals surface area contributed by atoms with Gasteiger partial charge in [-0.1, -0.05) is 19.1 Å². The Morgan fingerprint density at radius 2 is 1.79 bits per heavy atom. The maximum atomic E-state index is 13.2. The number of carbonyl (C=O) groups is 1. The molecule has 4 nitrogen and oxygen atoms in total. The van der Waals surface area contributed by atoms with Gasteiger partial charge in [-0.3, -0.25) is 4.79 Å². The molecule has 1 saturated heterocycles. The van der Waals surface area contributed by atoms with Crippen LogP contribution in [0.2, 0.25) is 0 Å². The Morgan fingerprint density at radius 1 is 1.11 bits per heavy atom. The molecule has 0 aromatic heterocycles. The molecule has 3 rings (SSSR count). The summed E-state index contributed by atoms with van der Waals surface area (Å²) in [5, 5.41) is 0. The molecule has 2 aromatic rings. The van der Waals surface area contributed by atoms with Crippen molar-refractivity contribution < 1.29 is 9.53 Å². The highest BCUT2D eigenvalue weighted by atomic mass is 16.5. The van der Waals surface area contributed by atoms with E-state index in [4.69, 9.17) is 4.74 Å². The van der Waals surface area contributed by atoms with Gasteiger partial charge >= 0.3 is 0 Å². The highest BCUT2D eigenvalue weighted by Gasteiger charge is 2.21. The van der Waals surface area contributed by atoms with Crippen molar-refractivity contribution in [1.29, 1.82) is 0 Å². The smallest absolute Gasteiger partial charge is 0.166 e. The molecule has 1 aliphatic rings. The lowest BCUT2D eigenvalue weighted by Gasteiger charge is -2.29. The number of carbonyl (C=O) groups excluding carboxylic acids is 1. The first-order chi connectivity index (χ1) is 13.5. The van der Waals surface area contributed by atoms with Gasteiger partial charge in [-0.15, -0.1) is 0 Å². The van der Waals surface area contributed by atoms with Crippen LogP contribution in [0.1, 0.15) is 34.8 Å². The molecule has 0 saturated carbocycles. The third kappa shape index (κ3) is 4.56. The van der Waals surface area contributed by atoms with E-state index in [1.807, 2.05) is 12.1 Å². The number of ketones is 1. The second kappa shape index (κ2) is 9.24. The minimum absolute atomic E-state index is 0.00495. The van der Waals surface area contributed by atoms with E-state index in [1.165, 1.54) is 22.5 Å². The van der Waals surface area contributed by atoms with E-state index in [0.717, 1.165) is 44.7 Å². The van der Waals surface area contributed by atoms with Crippen LogP contribution in [0.5, 0.6) is 0 Å². The zero-order valence-corrected chi connectivity index (χ0v) is 17.6. The number of hydrogen-bond acceptors (Lipinski definition) is 4. The Labute approximate surface area is 169 Å². The summed E-state index contributed by atoms with van der Waals surface area (Å²) < 4.78 is 5.42. The molecule has 2 aromatic carbocycles. The highest BCUT2D eigenvalue weighted by Crippen LogP contribution is 2.26. The van der Waals surface area contributed by atoms with Crippen LogP contribution in [0.25, 0.3) is 0 Å². The number of rotatable bonds is 7. The van der Waals surface area contributed by atoms with Crippen molar-refractivity contribution >= 4 is 17.2 Å². The monoisotopic (exact) mass is 380 g/mol. The normalized spacial score (nSPS) is 15.4. The molecular weight excluding hydrogens is 348 g/mol. The standard InChI is InChI=1S/C24H32N2O2/c1-5-19(17-21-7-6-8-23(18(21)2)25(3)4)24(27)20-9-11-22(12-10-20)26-13-15-28-16-14-26/h6-12,19H,5,13-17H2,1-4H3. The van der Waals surface area contributed by atoms with Crippen LogP contribution in [0, 0.1) is 12.8 Å². The van der Waals surface area contributed by atoms with Crippen molar-refractivity contribution in [2.75, 3.05) is 50.2 Å². The van der Waals surface area contributed by atoms with Crippen molar-refractivity contribution in [2.24, 2.45) is 5.92 Å². The summed E-state index contributed by atoms with van der Waals surface area (Å²) in [6.07, 6.45) is 1.63. The Hall–Kier alpha value is -2.33. The Morgan fingerprint density at radius 3 is 2.39 bits per heavy atom. The molecule has 1 fully saturated rings. The number of hydrogen-bond donors (Lipinski definition) is 0. The summed E-state index contributed by atoms with van der Waals surface area (Å²) in [5.74, 6) is 0.246. The molecule has 0 amide bonds. The number of morpholine rings is 1. The van der Waals surface area contributed by atoms with Gasteiger partial charge in [-0.2, -0.15) is 0 Å². The lowest BCUT2D eigenvalue weighted by molar-refractivity contribution is 0.0916. The first-order valence-corrected chi connectivity index (χ1v) is 10.2. The van der Waals surface area contributed by atoms with E-state index >= 15 is 0 Å². The largest absolute Gasteiger partial charge is 0.378 e. The van der Waals surface area contributed by atoms with E-state index in [-0.39, 0.29) is 11.7 Å². The van der Waals surface area contributed by atoms with Gasteiger partial charge in [-0.05, 0) is 61.2 Å². The molecule has 1 atom stereocenters. The van der Waals surface area contributed by atoms with Crippen LogP contribution in [0.15, 0.2) is 42.5 Å². The van der Waals surface area contributed by atoms with Gasteiger partial charge in [0.2, 0.25) is 0 Å². The topological polar surface area (TPSA) is 32.8 Å². The van der Waals surface area contributed by atoms with Crippen molar-refractivity contribution in [3.8, 4) is 0 Å². The summed E-state index contributed by atoms with van der Waals surface area (Å²) in [4.78, 5) is 17.6. The molecule has 0 bridgehead atoms. The molecule has 150 valence electrons. The van der Waals surface area contributed by atoms with Gasteiger partial charge in [0, 0.05) is 50.0 Å². The summed E-state index contributed by atoms with van der Waals surface area (Å²) >= 11 is 0. The van der Waals surface area contributed by atoms with Crippen LogP contribution < -0.4 is 9.80 Å². The van der Waals surface area contributed by atoms with Crippen LogP contribution in [-0.2, 0) is 11.2 Å². The molecule has 0 aliphatic carbocycles. The van der Waals surface area contributed by atoms with E-state index in [1.54, 1.807) is 0 Å². The van der Waals surface area contributed by atoms with Gasteiger partial charge in [0.15, 0.2) is 5.78 Å². The predicted molar refractivity (Wildman–Crippen MR) is 117 cm³/mol. The second-order valence-electron chi connectivity index (χ2n) is 7.78. The lowest BCUT2D eigenvalue weighted by Crippen LogP contribution is -2.36. The van der Waals surface area contributed by atoms with E-state index < -0.39 is 0 Å². The Balaban J connectivity index is 1.74. The average molecular weight is 381 g/mol. The number of benzene rings is 2. The molecule has 0 radical (unpaired) electrons. The predicted octanol–water partition coefficient (Wildman–Crippen LogP) is 4.35. The van der Waals surface area contributed by atoms with Crippen LogP contribution in [0.4, 0.5) is 11.4 Å². The quantitative estimate of drug-likeness (QED) is 0.669. The maximum absolute atomic E-state index is 13.2. The van der Waals surface area contributed by atoms with E-state index in [0.29, 0.717) is 0 Å². The fourth-order valence-corrected chi connectivity index (χ4v) is 3.96. The highest BCUT2D eigenvalue weighted by molar-refractivity contribution is 5.98. The fourth-order valence-electron chi connectivity index (χ4n) is 3.96. The third-order valence-corrected chi connectivity index (χ3v) is 5.76. The van der Waals surface area contributed by atoms with Crippen LogP contribution in [-0.4, -0.2) is 46.2 Å². The average Bonchev–Trinajstić information content (AvgIpc) is 2.73. The first-order valence-electron chi connectivity index (χ1n) is 10.2. The zero-order chi connectivity index (χ0) is 20.1. The molecule has 1 unspecified atom stereocenters. The molecule has 0 spiro atoms. The van der Waals surface area contributed by atoms with Gasteiger partial charge in [0.05, 0.1) is 13.2 Å². The molecule has 28 heavy (non-hydrogen) atoms. The van der Waals surface area contributed by atoms with E-state index in [2.05, 4.69) is 68.1 Å². The lowest BCUT2D eigenvalue weighted by atomic mass is 9.87. The molecule has 1 heterocycles. The van der Waals surface area contributed by atoms with Crippen LogP contribution >= 0.6 is 0 Å². The van der Waals surface area contributed by atoms with Crippen molar-refractivity contribution in [2.45, 2.75) is 26.7 Å². The molecule has 1 aliphatic heterocycles. The van der Waals surface area contributed by atoms with Crippen molar-refractivity contribution in [1.82, 2.24) is 0 Å². The Bertz CT molecular complexity index is 793. The SMILES string of the molecule is CCC(Cc1cccc(N(C)C)c1C)C(=O)c1ccc(N2CCOCC2)cc1.